The summed E-state index contributed by atoms with van der Waals surface area (Å²) in [5, 5.41) is 1.92. The zero-order valence-electron chi connectivity index (χ0n) is 17.7. The van der Waals surface area contributed by atoms with Gasteiger partial charge in [0.2, 0.25) is 6.23 Å². The number of nitrogens with zero attached hydrogens (tertiary/aromatic N) is 1. The second-order valence-corrected chi connectivity index (χ2v) is 8.37. The quantitative estimate of drug-likeness (QED) is 0.443. The minimum Gasteiger partial charge on any atom is -1.00 e. The minimum absolute atomic E-state index is 0. The van der Waals surface area contributed by atoms with Crippen molar-refractivity contribution in [3.05, 3.63) is 78.1 Å². The van der Waals surface area contributed by atoms with Crippen LogP contribution in [0.5, 0.6) is 5.75 Å². The highest BCUT2D eigenvalue weighted by Gasteiger charge is 2.39. The number of ether oxygens (including phenoxy) is 1. The summed E-state index contributed by atoms with van der Waals surface area (Å²) >= 11 is 0. The first kappa shape index (κ1) is 21.7. The molecule has 5 rings (SSSR count). The molecule has 5 heteroatoms. The van der Waals surface area contributed by atoms with Crippen molar-refractivity contribution in [3.63, 3.8) is 0 Å². The van der Waals surface area contributed by atoms with Gasteiger partial charge in [-0.3, -0.25) is 4.48 Å². The van der Waals surface area contributed by atoms with Crippen LogP contribution in [0.1, 0.15) is 31.7 Å². The molecule has 0 N–H and O–H groups in total. The molecule has 0 radical (unpaired) electrons. The van der Waals surface area contributed by atoms with Gasteiger partial charge in [0.25, 0.3) is 0 Å². The van der Waals surface area contributed by atoms with Crippen LogP contribution in [0.15, 0.2) is 71.1 Å². The van der Waals surface area contributed by atoms with Gasteiger partial charge in [-0.25, -0.2) is 4.39 Å². The molecule has 3 nitrogen and oxygen atoms in total. The Kier molecular flexibility index (Phi) is 6.22. The largest absolute Gasteiger partial charge is 1.00 e. The predicted molar refractivity (Wildman–Crippen MR) is 118 cm³/mol. The lowest BCUT2D eigenvalue weighted by atomic mass is 10.0. The number of halogens is 2. The number of quaternary nitrogens is 1. The molecule has 0 bridgehead atoms. The van der Waals surface area contributed by atoms with E-state index in [4.69, 9.17) is 9.15 Å². The van der Waals surface area contributed by atoms with E-state index in [9.17, 15) is 4.39 Å². The number of piperidine rings is 1. The molecule has 1 saturated heterocycles. The van der Waals surface area contributed by atoms with Crippen molar-refractivity contribution in [3.8, 4) is 5.75 Å². The molecule has 1 fully saturated rings. The Hall–Kier alpha value is -2.56. The zero-order valence-corrected chi connectivity index (χ0v) is 18.4. The molecule has 0 spiro atoms. The van der Waals surface area contributed by atoms with Crippen LogP contribution in [0, 0.1) is 5.82 Å². The van der Waals surface area contributed by atoms with E-state index in [-0.39, 0.29) is 24.5 Å². The molecule has 0 amide bonds. The van der Waals surface area contributed by atoms with Crippen molar-refractivity contribution in [1.82, 2.24) is 0 Å². The maximum atomic E-state index is 13.6. The number of hydrogen-bond acceptors (Lipinski definition) is 2. The fourth-order valence-electron chi connectivity index (χ4n) is 4.90. The maximum Gasteiger partial charge on any atom is 0.233 e. The van der Waals surface area contributed by atoms with E-state index in [1.165, 1.54) is 30.5 Å². The van der Waals surface area contributed by atoms with E-state index < -0.39 is 0 Å². The summed E-state index contributed by atoms with van der Waals surface area (Å²) < 4.78 is 27.0. The van der Waals surface area contributed by atoms with Crippen LogP contribution in [0.3, 0.4) is 0 Å². The van der Waals surface area contributed by atoms with Gasteiger partial charge in [-0.1, -0.05) is 30.3 Å². The Balaban J connectivity index is 0.00000231. The molecule has 4 aromatic rings. The molecule has 0 saturated carbocycles. The third-order valence-electron chi connectivity index (χ3n) is 6.56. The number of hydrogen-bond donors (Lipinski definition) is 0. The van der Waals surface area contributed by atoms with Crippen LogP contribution in [0.4, 0.5) is 4.39 Å². The van der Waals surface area contributed by atoms with Crippen molar-refractivity contribution < 1.29 is 30.4 Å². The summed E-state index contributed by atoms with van der Waals surface area (Å²) in [7, 11) is 0. The van der Waals surface area contributed by atoms with Gasteiger partial charge < -0.3 is 21.6 Å². The average Bonchev–Trinajstić information content (AvgIpc) is 3.12. The van der Waals surface area contributed by atoms with E-state index in [1.807, 2.05) is 18.2 Å². The first-order valence-electron chi connectivity index (χ1n) is 10.8. The van der Waals surface area contributed by atoms with E-state index in [0.29, 0.717) is 5.58 Å². The first-order valence-corrected chi connectivity index (χ1v) is 10.8. The summed E-state index contributed by atoms with van der Waals surface area (Å²) in [6, 6.07) is 21.4. The van der Waals surface area contributed by atoms with Gasteiger partial charge in [0, 0.05) is 34.9 Å². The Morgan fingerprint density at radius 2 is 1.71 bits per heavy atom. The molecule has 2 unspecified atom stereocenters. The molecule has 31 heavy (non-hydrogen) atoms. The minimum atomic E-state index is -0.286. The maximum absolute atomic E-state index is 13.6. The van der Waals surface area contributed by atoms with Crippen LogP contribution in [0.2, 0.25) is 0 Å². The lowest BCUT2D eigenvalue weighted by molar-refractivity contribution is -0.983. The molecular weight excluding hydrogens is 413 g/mol. The van der Waals surface area contributed by atoms with Gasteiger partial charge in [0.05, 0.1) is 13.1 Å². The van der Waals surface area contributed by atoms with Gasteiger partial charge in [-0.15, -0.1) is 0 Å². The van der Waals surface area contributed by atoms with Crippen LogP contribution >= 0.6 is 0 Å². The molecule has 1 aromatic heterocycles. The number of furan rings is 1. The third-order valence-corrected chi connectivity index (χ3v) is 6.56. The lowest BCUT2D eigenvalue weighted by Crippen LogP contribution is -3.00. The smallest absolute Gasteiger partial charge is 0.233 e. The highest BCUT2D eigenvalue weighted by Crippen LogP contribution is 2.35. The molecule has 2 atom stereocenters. The van der Waals surface area contributed by atoms with Gasteiger partial charge >= 0.3 is 0 Å². The van der Waals surface area contributed by atoms with E-state index >= 15 is 0 Å². The summed E-state index contributed by atoms with van der Waals surface area (Å²) in [5.41, 5.74) is 2.66. The van der Waals surface area contributed by atoms with Crippen LogP contribution in [0.25, 0.3) is 21.9 Å². The molecular formula is C26H27ClFNO2. The summed E-state index contributed by atoms with van der Waals surface area (Å²) in [5.74, 6) is 0.532. The number of fused-ring (bicyclic) bond motifs is 3. The standard InChI is InChI=1S/C26H27FNO2.ClH/c1-2-28(18-19-8-4-3-5-9-19)15-7-6-10-26(28)29-21-12-14-23-22-13-11-20(27)16-24(22)30-25(23)17-21;/h3-5,8-9,11-14,16-17,26H,2,6-7,10,15,18H2,1H3;1H/q+1;/p-1. The summed E-state index contributed by atoms with van der Waals surface area (Å²) in [6.07, 6.45) is 3.58. The predicted octanol–water partition coefficient (Wildman–Crippen LogP) is 3.65. The SMILES string of the molecule is CC[N+]1(Cc2ccccc2)CCCCC1Oc1ccc2c(c1)oc1cc(F)ccc12.[Cl-]. The molecule has 3 aromatic carbocycles. The topological polar surface area (TPSA) is 22.4 Å². The van der Waals surface area contributed by atoms with E-state index in [2.05, 4.69) is 37.3 Å². The van der Waals surface area contributed by atoms with Crippen molar-refractivity contribution in [2.45, 2.75) is 39.0 Å². The summed E-state index contributed by atoms with van der Waals surface area (Å²) in [6.45, 7) is 5.41. The molecule has 1 aliphatic heterocycles. The highest BCUT2D eigenvalue weighted by atomic mass is 35.5. The van der Waals surface area contributed by atoms with Crippen LogP contribution < -0.4 is 17.1 Å². The van der Waals surface area contributed by atoms with Crippen LogP contribution in [-0.2, 0) is 6.54 Å². The van der Waals surface area contributed by atoms with Gasteiger partial charge in [0.1, 0.15) is 29.3 Å². The number of likely N-dealkylation sites (tertiary alicyclic amines) is 1. The average molecular weight is 440 g/mol. The van der Waals surface area contributed by atoms with Crippen LogP contribution in [-0.4, -0.2) is 23.8 Å². The van der Waals surface area contributed by atoms with Crippen molar-refractivity contribution >= 4 is 21.9 Å². The lowest BCUT2D eigenvalue weighted by Gasteiger charge is -2.46. The summed E-state index contributed by atoms with van der Waals surface area (Å²) in [4.78, 5) is 0. The fourth-order valence-corrected chi connectivity index (χ4v) is 4.90. The number of rotatable bonds is 5. The normalized spacial score (nSPS) is 21.2. The van der Waals surface area contributed by atoms with Crippen molar-refractivity contribution in [2.75, 3.05) is 13.1 Å². The number of benzene rings is 3. The van der Waals surface area contributed by atoms with Crippen molar-refractivity contribution in [2.24, 2.45) is 0 Å². The van der Waals surface area contributed by atoms with Gasteiger partial charge in [0.15, 0.2) is 0 Å². The van der Waals surface area contributed by atoms with Gasteiger partial charge in [-0.05, 0) is 44.0 Å². The van der Waals surface area contributed by atoms with E-state index in [0.717, 1.165) is 52.6 Å². The Bertz CT molecular complexity index is 1180. The Morgan fingerprint density at radius 3 is 2.48 bits per heavy atom. The van der Waals surface area contributed by atoms with E-state index in [1.54, 1.807) is 6.07 Å². The molecule has 162 valence electrons. The fraction of sp³-hybridized carbons (Fsp3) is 0.308. The second kappa shape index (κ2) is 8.89. The second-order valence-electron chi connectivity index (χ2n) is 8.37. The van der Waals surface area contributed by atoms with Crippen molar-refractivity contribution in [1.29, 1.82) is 0 Å². The highest BCUT2D eigenvalue weighted by molar-refractivity contribution is 6.05. The third kappa shape index (κ3) is 4.15. The zero-order chi connectivity index (χ0) is 20.6. The first-order chi connectivity index (χ1) is 14.7. The molecule has 1 aliphatic rings. The molecule has 0 aliphatic carbocycles. The Labute approximate surface area is 188 Å². The molecule has 2 heterocycles. The monoisotopic (exact) mass is 439 g/mol. The Morgan fingerprint density at radius 1 is 0.968 bits per heavy atom. The van der Waals surface area contributed by atoms with Gasteiger partial charge in [-0.2, -0.15) is 0 Å².